The molecule has 2 N–H and O–H groups in total. The molecule has 0 radical (unpaired) electrons. The number of pyridine rings is 2. The van der Waals surface area contributed by atoms with E-state index in [0.29, 0.717) is 63.2 Å². The number of nitrogen functional groups attached to an aromatic ring is 1. The van der Waals surface area contributed by atoms with Crippen LogP contribution in [-0.4, -0.2) is 36.6 Å². The number of hydrogen-bond acceptors (Lipinski definition) is 6. The second-order valence-electron chi connectivity index (χ2n) is 9.24. The van der Waals surface area contributed by atoms with Crippen LogP contribution < -0.4 is 5.73 Å². The summed E-state index contributed by atoms with van der Waals surface area (Å²) >= 11 is 6.56. The number of nitrogens with two attached hydrogens (primary N) is 1. The Balaban J connectivity index is 1.23. The molecule has 1 fully saturated rings. The third kappa shape index (κ3) is 4.66. The predicted molar refractivity (Wildman–Crippen MR) is 136 cm³/mol. The average Bonchev–Trinajstić information content (AvgIpc) is 3.40. The van der Waals surface area contributed by atoms with Gasteiger partial charge in [-0.1, -0.05) is 23.4 Å². The molecule has 38 heavy (non-hydrogen) atoms. The van der Waals surface area contributed by atoms with Crippen LogP contribution in [0.15, 0.2) is 42.9 Å². The second-order valence-corrected chi connectivity index (χ2v) is 9.64. The third-order valence-corrected chi connectivity index (χ3v) is 6.92. The van der Waals surface area contributed by atoms with Gasteiger partial charge in [-0.3, -0.25) is 9.78 Å². The topological polar surface area (TPSA) is 99.2 Å². The highest BCUT2D eigenvalue weighted by atomic mass is 35.5. The van der Waals surface area contributed by atoms with Gasteiger partial charge < -0.3 is 15.4 Å². The molecule has 8 nitrogen and oxygen atoms in total. The number of aromatic nitrogens is 4. The van der Waals surface area contributed by atoms with E-state index >= 15 is 0 Å². The van der Waals surface area contributed by atoms with Gasteiger partial charge in [-0.2, -0.15) is 13.9 Å². The van der Waals surface area contributed by atoms with E-state index in [0.717, 1.165) is 29.4 Å². The van der Waals surface area contributed by atoms with Crippen molar-refractivity contribution in [2.24, 2.45) is 0 Å². The highest BCUT2D eigenvalue weighted by Gasteiger charge is 2.34. The van der Waals surface area contributed by atoms with Crippen LogP contribution in [0.3, 0.4) is 0 Å². The fraction of sp³-hybridized carbons (Fsp3) is 0.259. The zero-order chi connectivity index (χ0) is 26.4. The zero-order valence-electron chi connectivity index (χ0n) is 20.0. The molecule has 2 aliphatic rings. The normalized spacial score (nSPS) is 14.4. The molecule has 0 saturated heterocycles. The summed E-state index contributed by atoms with van der Waals surface area (Å²) in [7, 11) is 0. The molecule has 4 heterocycles. The number of amides is 1. The van der Waals surface area contributed by atoms with Crippen LogP contribution in [0.4, 0.5) is 14.6 Å². The molecule has 6 rings (SSSR count). The van der Waals surface area contributed by atoms with Crippen LogP contribution in [0.1, 0.15) is 57.7 Å². The molecule has 1 saturated carbocycles. The summed E-state index contributed by atoms with van der Waals surface area (Å²) in [6.07, 6.45) is 5.88. The van der Waals surface area contributed by atoms with Gasteiger partial charge in [0.05, 0.1) is 53.3 Å². The molecule has 1 aromatic carbocycles. The largest absolute Gasteiger partial charge is 0.383 e. The monoisotopic (exact) mass is 534 g/mol. The van der Waals surface area contributed by atoms with Gasteiger partial charge in [0.15, 0.2) is 0 Å². The van der Waals surface area contributed by atoms with Crippen molar-refractivity contribution in [3.05, 3.63) is 81.4 Å². The molecule has 1 amide bonds. The third-order valence-electron chi connectivity index (χ3n) is 6.61. The Morgan fingerprint density at radius 1 is 1.18 bits per heavy atom. The van der Waals surface area contributed by atoms with Crippen molar-refractivity contribution in [3.63, 3.8) is 0 Å². The molecule has 0 bridgehead atoms. The quantitative estimate of drug-likeness (QED) is 0.373. The summed E-state index contributed by atoms with van der Waals surface area (Å²) < 4.78 is 31.5. The smallest absolute Gasteiger partial charge is 0.333 e. The summed E-state index contributed by atoms with van der Waals surface area (Å²) in [5.41, 5.74) is 10.6. The van der Waals surface area contributed by atoms with Gasteiger partial charge in [0, 0.05) is 34.9 Å². The lowest BCUT2D eigenvalue weighted by atomic mass is 10.0. The van der Waals surface area contributed by atoms with Crippen molar-refractivity contribution in [1.29, 1.82) is 0 Å². The van der Waals surface area contributed by atoms with Gasteiger partial charge in [0.1, 0.15) is 5.82 Å². The van der Waals surface area contributed by atoms with E-state index in [2.05, 4.69) is 26.9 Å². The van der Waals surface area contributed by atoms with Crippen LogP contribution in [0.5, 0.6) is 0 Å². The van der Waals surface area contributed by atoms with Gasteiger partial charge in [-0.25, -0.2) is 9.67 Å². The Kier molecular flexibility index (Phi) is 6.18. The molecule has 0 unspecified atom stereocenters. The maximum Gasteiger partial charge on any atom is 0.333 e. The van der Waals surface area contributed by atoms with Crippen molar-refractivity contribution in [1.82, 2.24) is 24.6 Å². The number of halogens is 3. The Morgan fingerprint density at radius 2 is 1.97 bits per heavy atom. The molecule has 0 spiro atoms. The molecule has 3 aromatic heterocycles. The van der Waals surface area contributed by atoms with Gasteiger partial charge >= 0.3 is 6.55 Å². The lowest BCUT2D eigenvalue weighted by Gasteiger charge is -2.23. The summed E-state index contributed by atoms with van der Waals surface area (Å²) in [6, 6.07) is 7.16. The van der Waals surface area contributed by atoms with Crippen LogP contribution in [-0.2, 0) is 24.5 Å². The van der Waals surface area contributed by atoms with Crippen LogP contribution in [0.25, 0.3) is 10.9 Å². The number of carbonyl (C=O) groups excluding carboxylic acids is 1. The Morgan fingerprint density at radius 3 is 2.68 bits per heavy atom. The maximum atomic E-state index is 13.7. The number of rotatable bonds is 5. The van der Waals surface area contributed by atoms with E-state index in [-0.39, 0.29) is 11.9 Å². The molecule has 11 heteroatoms. The Bertz CT molecular complexity index is 1620. The Labute approximate surface area is 221 Å². The standard InChI is InChI=1S/C27H21ClF2N6O2/c28-23-8-24-19(21-13-38-14-22(21)25(31)34-24)7-20(23)26(37)35(18-5-6-18)12-17-4-3-15(9-32-17)1-2-16-10-33-36(11-16)27(29)30/h3-4,7-11,18,27H,5-6,12-14H2,(H2,31,34). The summed E-state index contributed by atoms with van der Waals surface area (Å²) in [6.45, 7) is -1.59. The lowest BCUT2D eigenvalue weighted by molar-refractivity contribution is 0.0565. The first-order valence-corrected chi connectivity index (χ1v) is 12.3. The van der Waals surface area contributed by atoms with Gasteiger partial charge in [-0.05, 0) is 42.7 Å². The van der Waals surface area contributed by atoms with E-state index in [1.165, 1.54) is 12.4 Å². The van der Waals surface area contributed by atoms with Crippen LogP contribution in [0, 0.1) is 11.8 Å². The number of anilines is 1. The first-order chi connectivity index (χ1) is 18.4. The van der Waals surface area contributed by atoms with Crippen LogP contribution >= 0.6 is 11.6 Å². The SMILES string of the molecule is Nc1nc2cc(Cl)c(C(=O)N(Cc3ccc(C#Cc4cnn(C(F)F)c4)cn3)C3CC3)cc2c2c1COC2. The number of nitrogens with zero attached hydrogens (tertiary/aromatic N) is 5. The molecular formula is C27H21ClF2N6O2. The minimum atomic E-state index is -2.71. The highest BCUT2D eigenvalue weighted by molar-refractivity contribution is 6.34. The van der Waals surface area contributed by atoms with E-state index in [1.54, 1.807) is 35.4 Å². The van der Waals surface area contributed by atoms with E-state index < -0.39 is 6.55 Å². The summed E-state index contributed by atoms with van der Waals surface area (Å²) in [5.74, 6) is 5.93. The van der Waals surface area contributed by atoms with Crippen molar-refractivity contribution in [2.75, 3.05) is 5.73 Å². The van der Waals surface area contributed by atoms with Gasteiger partial charge in [-0.15, -0.1) is 0 Å². The maximum absolute atomic E-state index is 13.7. The van der Waals surface area contributed by atoms with Crippen molar-refractivity contribution >= 4 is 34.2 Å². The minimum Gasteiger partial charge on any atom is -0.383 e. The van der Waals surface area contributed by atoms with E-state index in [4.69, 9.17) is 22.1 Å². The van der Waals surface area contributed by atoms with Crippen molar-refractivity contribution in [2.45, 2.75) is 45.2 Å². The number of ether oxygens (including phenoxy) is 1. The average molecular weight is 535 g/mol. The van der Waals surface area contributed by atoms with E-state index in [9.17, 15) is 13.6 Å². The highest BCUT2D eigenvalue weighted by Crippen LogP contribution is 2.36. The van der Waals surface area contributed by atoms with Gasteiger partial charge in [0.2, 0.25) is 0 Å². The first-order valence-electron chi connectivity index (χ1n) is 12.0. The Hall–Kier alpha value is -4.07. The van der Waals surface area contributed by atoms with Crippen molar-refractivity contribution in [3.8, 4) is 11.8 Å². The number of fused-ring (bicyclic) bond motifs is 3. The molecule has 192 valence electrons. The number of benzene rings is 1. The summed E-state index contributed by atoms with van der Waals surface area (Å²) in [4.78, 5) is 24.4. The first kappa shape index (κ1) is 24.3. The number of hydrogen-bond donors (Lipinski definition) is 1. The lowest BCUT2D eigenvalue weighted by Crippen LogP contribution is -2.33. The van der Waals surface area contributed by atoms with E-state index in [1.807, 2.05) is 0 Å². The number of carbonyl (C=O) groups is 1. The second kappa shape index (κ2) is 9.67. The molecule has 0 atom stereocenters. The fourth-order valence-electron chi connectivity index (χ4n) is 4.48. The molecule has 4 aromatic rings. The zero-order valence-corrected chi connectivity index (χ0v) is 20.8. The summed E-state index contributed by atoms with van der Waals surface area (Å²) in [5, 5.41) is 4.70. The fourth-order valence-corrected chi connectivity index (χ4v) is 4.72. The van der Waals surface area contributed by atoms with Crippen molar-refractivity contribution < 1.29 is 18.3 Å². The molecular weight excluding hydrogens is 514 g/mol. The molecule has 1 aliphatic heterocycles. The predicted octanol–water partition coefficient (Wildman–Crippen LogP) is 4.69. The number of alkyl halides is 2. The molecule has 1 aliphatic carbocycles. The van der Waals surface area contributed by atoms with Crippen LogP contribution in [0.2, 0.25) is 5.02 Å². The minimum absolute atomic E-state index is 0.112. The van der Waals surface area contributed by atoms with Gasteiger partial charge in [0.25, 0.3) is 5.91 Å².